The van der Waals surface area contributed by atoms with Crippen molar-refractivity contribution in [1.82, 2.24) is 9.80 Å². The minimum Gasteiger partial charge on any atom is -0.341 e. The molecule has 1 atom stereocenters. The first-order valence-electron chi connectivity index (χ1n) is 5.57. The van der Waals surface area contributed by atoms with Gasteiger partial charge in [0.1, 0.15) is 0 Å². The van der Waals surface area contributed by atoms with Gasteiger partial charge in [0.2, 0.25) is 11.8 Å². The Morgan fingerprint density at radius 3 is 2.67 bits per heavy atom. The zero-order valence-electron chi connectivity index (χ0n) is 9.82. The third kappa shape index (κ3) is 2.94. The van der Waals surface area contributed by atoms with E-state index >= 15 is 0 Å². The highest BCUT2D eigenvalue weighted by atomic mass is 16.2. The number of nitrogens with zero attached hydrogens (tertiary/aromatic N) is 2. The molecular formula is C11H20N2O2. The van der Waals surface area contributed by atoms with Gasteiger partial charge in [0.15, 0.2) is 0 Å². The fourth-order valence-corrected chi connectivity index (χ4v) is 2.01. The molecule has 1 rings (SSSR count). The van der Waals surface area contributed by atoms with E-state index in [1.54, 1.807) is 11.8 Å². The second kappa shape index (κ2) is 5.14. The van der Waals surface area contributed by atoms with E-state index in [1.807, 2.05) is 18.9 Å². The van der Waals surface area contributed by atoms with Gasteiger partial charge in [-0.15, -0.1) is 0 Å². The molecule has 1 aliphatic rings. The van der Waals surface area contributed by atoms with Crippen LogP contribution in [0.5, 0.6) is 0 Å². The molecular weight excluding hydrogens is 192 g/mol. The lowest BCUT2D eigenvalue weighted by Gasteiger charge is -2.37. The number of rotatable bonds is 2. The summed E-state index contributed by atoms with van der Waals surface area (Å²) < 4.78 is 0. The number of amides is 2. The summed E-state index contributed by atoms with van der Waals surface area (Å²) in [6, 6.07) is 0.204. The zero-order valence-corrected chi connectivity index (χ0v) is 9.82. The van der Waals surface area contributed by atoms with E-state index in [-0.39, 0.29) is 17.9 Å². The summed E-state index contributed by atoms with van der Waals surface area (Å²) in [5, 5.41) is 0. The van der Waals surface area contributed by atoms with Gasteiger partial charge in [0.05, 0.1) is 0 Å². The smallest absolute Gasteiger partial charge is 0.222 e. The molecule has 1 unspecified atom stereocenters. The minimum atomic E-state index is 0.108. The van der Waals surface area contributed by atoms with Crippen LogP contribution in [0.15, 0.2) is 0 Å². The molecule has 0 spiro atoms. The third-order valence-corrected chi connectivity index (χ3v) is 3.09. The van der Waals surface area contributed by atoms with E-state index in [2.05, 4.69) is 0 Å². The Bertz CT molecular complexity index is 253. The molecule has 0 aromatic rings. The summed E-state index contributed by atoms with van der Waals surface area (Å²) in [5.41, 5.74) is 0. The van der Waals surface area contributed by atoms with Gasteiger partial charge in [-0.25, -0.2) is 0 Å². The highest BCUT2D eigenvalue weighted by Crippen LogP contribution is 2.15. The van der Waals surface area contributed by atoms with Crippen LogP contribution >= 0.6 is 0 Å². The van der Waals surface area contributed by atoms with Crippen molar-refractivity contribution in [3.05, 3.63) is 0 Å². The molecule has 0 aromatic carbocycles. The summed E-state index contributed by atoms with van der Waals surface area (Å²) in [5.74, 6) is 0.266. The van der Waals surface area contributed by atoms with Gasteiger partial charge in [-0.1, -0.05) is 6.92 Å². The van der Waals surface area contributed by atoms with Gasteiger partial charge in [0.25, 0.3) is 0 Å². The van der Waals surface area contributed by atoms with Crippen molar-refractivity contribution in [2.45, 2.75) is 39.2 Å². The maximum absolute atomic E-state index is 11.5. The Morgan fingerprint density at radius 1 is 1.47 bits per heavy atom. The SMILES string of the molecule is CCC(=O)N(C)C1CCCN(C(C)=O)C1. The molecule has 4 nitrogen and oxygen atoms in total. The molecule has 4 heteroatoms. The lowest BCUT2D eigenvalue weighted by atomic mass is 10.0. The van der Waals surface area contributed by atoms with E-state index in [1.165, 1.54) is 0 Å². The summed E-state index contributed by atoms with van der Waals surface area (Å²) in [6.45, 7) is 4.98. The fraction of sp³-hybridized carbons (Fsp3) is 0.818. The fourth-order valence-electron chi connectivity index (χ4n) is 2.01. The average Bonchev–Trinajstić information content (AvgIpc) is 2.27. The van der Waals surface area contributed by atoms with Crippen LogP contribution in [0.25, 0.3) is 0 Å². The topological polar surface area (TPSA) is 40.6 Å². The molecule has 0 N–H and O–H groups in total. The van der Waals surface area contributed by atoms with Gasteiger partial charge in [-0.2, -0.15) is 0 Å². The Morgan fingerprint density at radius 2 is 2.13 bits per heavy atom. The molecule has 15 heavy (non-hydrogen) atoms. The standard InChI is InChI=1S/C11H20N2O2/c1-4-11(15)12(3)10-6-5-7-13(8-10)9(2)14/h10H,4-8H2,1-3H3. The maximum Gasteiger partial charge on any atom is 0.222 e. The van der Waals surface area contributed by atoms with Crippen LogP contribution in [-0.4, -0.2) is 47.8 Å². The molecule has 1 aliphatic heterocycles. The monoisotopic (exact) mass is 212 g/mol. The Balaban J connectivity index is 2.55. The van der Waals surface area contributed by atoms with Crippen molar-refractivity contribution in [3.63, 3.8) is 0 Å². The van der Waals surface area contributed by atoms with Crippen molar-refractivity contribution >= 4 is 11.8 Å². The van der Waals surface area contributed by atoms with Gasteiger partial charge < -0.3 is 9.80 Å². The highest BCUT2D eigenvalue weighted by Gasteiger charge is 2.26. The molecule has 86 valence electrons. The summed E-state index contributed by atoms with van der Waals surface area (Å²) >= 11 is 0. The van der Waals surface area contributed by atoms with E-state index < -0.39 is 0 Å². The summed E-state index contributed by atoms with van der Waals surface area (Å²) in [4.78, 5) is 26.4. The van der Waals surface area contributed by atoms with E-state index in [4.69, 9.17) is 0 Å². The molecule has 0 aromatic heterocycles. The molecule has 2 amide bonds. The third-order valence-electron chi connectivity index (χ3n) is 3.09. The predicted octanol–water partition coefficient (Wildman–Crippen LogP) is 0.866. The minimum absolute atomic E-state index is 0.108. The van der Waals surface area contributed by atoms with Gasteiger partial charge in [-0.3, -0.25) is 9.59 Å². The molecule has 0 aliphatic carbocycles. The highest BCUT2D eigenvalue weighted by molar-refractivity contribution is 5.76. The number of likely N-dealkylation sites (tertiary alicyclic amines) is 1. The van der Waals surface area contributed by atoms with Crippen molar-refractivity contribution < 1.29 is 9.59 Å². The second-order valence-electron chi connectivity index (χ2n) is 4.12. The van der Waals surface area contributed by atoms with Crippen molar-refractivity contribution in [2.75, 3.05) is 20.1 Å². The first kappa shape index (κ1) is 12.0. The molecule has 0 saturated carbocycles. The van der Waals surface area contributed by atoms with E-state index in [0.29, 0.717) is 13.0 Å². The van der Waals surface area contributed by atoms with Crippen LogP contribution in [0.4, 0.5) is 0 Å². The largest absolute Gasteiger partial charge is 0.341 e. The molecule has 1 heterocycles. The van der Waals surface area contributed by atoms with Crippen molar-refractivity contribution in [1.29, 1.82) is 0 Å². The Labute approximate surface area is 91.2 Å². The lowest BCUT2D eigenvalue weighted by Crippen LogP contribution is -2.49. The number of carbonyl (C=O) groups is 2. The maximum atomic E-state index is 11.5. The number of hydrogen-bond donors (Lipinski definition) is 0. The van der Waals surface area contributed by atoms with Crippen LogP contribution in [0.1, 0.15) is 33.1 Å². The van der Waals surface area contributed by atoms with Crippen LogP contribution in [-0.2, 0) is 9.59 Å². The zero-order chi connectivity index (χ0) is 11.4. The Hall–Kier alpha value is -1.06. The number of hydrogen-bond acceptors (Lipinski definition) is 2. The van der Waals surface area contributed by atoms with E-state index in [9.17, 15) is 9.59 Å². The van der Waals surface area contributed by atoms with E-state index in [0.717, 1.165) is 19.4 Å². The van der Waals surface area contributed by atoms with Gasteiger partial charge >= 0.3 is 0 Å². The Kier molecular flexibility index (Phi) is 4.12. The van der Waals surface area contributed by atoms with Crippen molar-refractivity contribution in [3.8, 4) is 0 Å². The van der Waals surface area contributed by atoms with Crippen LogP contribution in [0.2, 0.25) is 0 Å². The van der Waals surface area contributed by atoms with Crippen LogP contribution in [0.3, 0.4) is 0 Å². The number of carbonyl (C=O) groups excluding carboxylic acids is 2. The molecule has 1 fully saturated rings. The number of likely N-dealkylation sites (N-methyl/N-ethyl adjacent to an activating group) is 1. The first-order valence-corrected chi connectivity index (χ1v) is 5.57. The molecule has 0 radical (unpaired) electrons. The van der Waals surface area contributed by atoms with Gasteiger partial charge in [0, 0.05) is 39.5 Å². The molecule has 1 saturated heterocycles. The normalized spacial score (nSPS) is 21.3. The van der Waals surface area contributed by atoms with Gasteiger partial charge in [-0.05, 0) is 12.8 Å². The van der Waals surface area contributed by atoms with Crippen LogP contribution < -0.4 is 0 Å². The van der Waals surface area contributed by atoms with Crippen LogP contribution in [0, 0.1) is 0 Å². The first-order chi connectivity index (χ1) is 7.06. The summed E-state index contributed by atoms with van der Waals surface area (Å²) in [7, 11) is 1.83. The summed E-state index contributed by atoms with van der Waals surface area (Å²) in [6.07, 6.45) is 2.53. The number of piperidine rings is 1. The quantitative estimate of drug-likeness (QED) is 0.681. The molecule has 0 bridgehead atoms. The van der Waals surface area contributed by atoms with Crippen molar-refractivity contribution in [2.24, 2.45) is 0 Å². The second-order valence-corrected chi connectivity index (χ2v) is 4.12. The predicted molar refractivity (Wildman–Crippen MR) is 58.3 cm³/mol. The lowest BCUT2D eigenvalue weighted by molar-refractivity contribution is -0.137. The average molecular weight is 212 g/mol.